The zero-order valence-corrected chi connectivity index (χ0v) is 10.7. The summed E-state index contributed by atoms with van der Waals surface area (Å²) >= 11 is 0. The van der Waals surface area contributed by atoms with Gasteiger partial charge in [0.25, 0.3) is 0 Å². The third-order valence-electron chi connectivity index (χ3n) is 4.43. The lowest BCUT2D eigenvalue weighted by Crippen LogP contribution is -2.58. The Morgan fingerprint density at radius 3 is 2.59 bits per heavy atom. The summed E-state index contributed by atoms with van der Waals surface area (Å²) in [5, 5.41) is 12.2. The van der Waals surface area contributed by atoms with E-state index < -0.39 is 5.41 Å². The molecule has 4 heteroatoms. The van der Waals surface area contributed by atoms with E-state index in [1.54, 1.807) is 6.92 Å². The predicted octanol–water partition coefficient (Wildman–Crippen LogP) is 1.14. The highest BCUT2D eigenvalue weighted by Crippen LogP contribution is 2.29. The standard InChI is InChI=1S/C13H21N3O/c1-3-13(2,9-14)12(17)15-11-8-16-6-4-10(11)5-7-16/h10-11H,3-8H2,1-2H3,(H,15,17). The first-order valence-corrected chi connectivity index (χ1v) is 6.53. The summed E-state index contributed by atoms with van der Waals surface area (Å²) in [5.74, 6) is 0.519. The van der Waals surface area contributed by atoms with Crippen LogP contribution in [0.25, 0.3) is 0 Å². The van der Waals surface area contributed by atoms with Gasteiger partial charge in [-0.25, -0.2) is 0 Å². The minimum Gasteiger partial charge on any atom is -0.350 e. The molecule has 3 aliphatic rings. The van der Waals surface area contributed by atoms with Crippen molar-refractivity contribution in [3.63, 3.8) is 0 Å². The van der Waals surface area contributed by atoms with Crippen molar-refractivity contribution in [2.75, 3.05) is 19.6 Å². The molecule has 0 aromatic heterocycles. The largest absolute Gasteiger partial charge is 0.350 e. The Kier molecular flexibility index (Phi) is 3.39. The van der Waals surface area contributed by atoms with Gasteiger partial charge >= 0.3 is 0 Å². The molecular formula is C13H21N3O. The summed E-state index contributed by atoms with van der Waals surface area (Å²) in [6, 6.07) is 2.39. The zero-order valence-electron chi connectivity index (χ0n) is 10.7. The van der Waals surface area contributed by atoms with Gasteiger partial charge in [0.15, 0.2) is 0 Å². The van der Waals surface area contributed by atoms with Crippen LogP contribution in [0, 0.1) is 22.7 Å². The van der Waals surface area contributed by atoms with E-state index in [9.17, 15) is 4.79 Å². The number of rotatable bonds is 3. The lowest BCUT2D eigenvalue weighted by atomic mass is 9.82. The number of carbonyl (C=O) groups is 1. The van der Waals surface area contributed by atoms with Gasteiger partial charge in [0.1, 0.15) is 5.41 Å². The van der Waals surface area contributed by atoms with Gasteiger partial charge in [0.2, 0.25) is 5.91 Å². The SMILES string of the molecule is CCC(C)(C#N)C(=O)NC1CN2CCC1CC2. The molecule has 2 bridgehead atoms. The second-order valence-corrected chi connectivity index (χ2v) is 5.52. The first-order valence-electron chi connectivity index (χ1n) is 6.53. The van der Waals surface area contributed by atoms with E-state index in [0.717, 1.165) is 6.54 Å². The molecule has 4 nitrogen and oxygen atoms in total. The summed E-state index contributed by atoms with van der Waals surface area (Å²) in [6.07, 6.45) is 2.93. The summed E-state index contributed by atoms with van der Waals surface area (Å²) < 4.78 is 0. The van der Waals surface area contributed by atoms with Crippen molar-refractivity contribution in [3.05, 3.63) is 0 Å². The van der Waals surface area contributed by atoms with Crippen LogP contribution in [0.15, 0.2) is 0 Å². The van der Waals surface area contributed by atoms with E-state index in [1.165, 1.54) is 25.9 Å². The fourth-order valence-corrected chi connectivity index (χ4v) is 2.75. The van der Waals surface area contributed by atoms with Crippen molar-refractivity contribution >= 4 is 5.91 Å². The molecule has 0 radical (unpaired) electrons. The fourth-order valence-electron chi connectivity index (χ4n) is 2.75. The molecule has 3 saturated heterocycles. The average molecular weight is 235 g/mol. The summed E-state index contributed by atoms with van der Waals surface area (Å²) in [4.78, 5) is 14.5. The van der Waals surface area contributed by atoms with Crippen molar-refractivity contribution in [2.24, 2.45) is 11.3 Å². The van der Waals surface area contributed by atoms with Crippen molar-refractivity contribution in [1.82, 2.24) is 10.2 Å². The molecular weight excluding hydrogens is 214 g/mol. The summed E-state index contributed by atoms with van der Waals surface area (Å²) in [6.45, 7) is 6.91. The van der Waals surface area contributed by atoms with Gasteiger partial charge in [0, 0.05) is 12.6 Å². The van der Waals surface area contributed by atoms with Gasteiger partial charge in [0.05, 0.1) is 6.07 Å². The molecule has 0 aliphatic carbocycles. The van der Waals surface area contributed by atoms with Gasteiger partial charge in [-0.2, -0.15) is 5.26 Å². The summed E-state index contributed by atoms with van der Waals surface area (Å²) in [5.41, 5.74) is -0.869. The third-order valence-corrected chi connectivity index (χ3v) is 4.43. The van der Waals surface area contributed by atoms with Gasteiger partial charge in [-0.3, -0.25) is 4.79 Å². The maximum Gasteiger partial charge on any atom is 0.240 e. The Morgan fingerprint density at radius 2 is 2.18 bits per heavy atom. The van der Waals surface area contributed by atoms with Crippen molar-refractivity contribution in [3.8, 4) is 6.07 Å². The highest BCUT2D eigenvalue weighted by Gasteiger charge is 2.38. The molecule has 0 spiro atoms. The number of hydrogen-bond donors (Lipinski definition) is 1. The zero-order chi connectivity index (χ0) is 12.5. The van der Waals surface area contributed by atoms with Crippen LogP contribution in [-0.4, -0.2) is 36.5 Å². The summed E-state index contributed by atoms with van der Waals surface area (Å²) in [7, 11) is 0. The van der Waals surface area contributed by atoms with Crippen LogP contribution in [0.1, 0.15) is 33.1 Å². The molecule has 3 rings (SSSR count). The first-order chi connectivity index (χ1) is 8.09. The first kappa shape index (κ1) is 12.4. The number of fused-ring (bicyclic) bond motifs is 3. The lowest BCUT2D eigenvalue weighted by molar-refractivity contribution is -0.129. The molecule has 1 amide bonds. The predicted molar refractivity (Wildman–Crippen MR) is 65.1 cm³/mol. The number of amides is 1. The van der Waals surface area contributed by atoms with E-state index in [4.69, 9.17) is 5.26 Å². The van der Waals surface area contributed by atoms with E-state index in [0.29, 0.717) is 12.3 Å². The van der Waals surface area contributed by atoms with Gasteiger partial charge in [-0.15, -0.1) is 0 Å². The number of hydrogen-bond acceptors (Lipinski definition) is 3. The third kappa shape index (κ3) is 2.30. The minimum absolute atomic E-state index is 0.0961. The van der Waals surface area contributed by atoms with Crippen LogP contribution in [0.4, 0.5) is 0 Å². The molecule has 17 heavy (non-hydrogen) atoms. The van der Waals surface area contributed by atoms with Crippen LogP contribution < -0.4 is 5.32 Å². The van der Waals surface area contributed by atoms with E-state index >= 15 is 0 Å². The van der Waals surface area contributed by atoms with Crippen molar-refractivity contribution in [2.45, 2.75) is 39.2 Å². The van der Waals surface area contributed by atoms with Crippen LogP contribution in [0.3, 0.4) is 0 Å². The topological polar surface area (TPSA) is 56.1 Å². The number of carbonyl (C=O) groups excluding carboxylic acids is 1. The maximum absolute atomic E-state index is 12.1. The Bertz CT molecular complexity index is 341. The van der Waals surface area contributed by atoms with Crippen molar-refractivity contribution < 1.29 is 4.79 Å². The van der Waals surface area contributed by atoms with Crippen LogP contribution in [-0.2, 0) is 4.79 Å². The molecule has 3 aliphatic heterocycles. The number of nitrogens with one attached hydrogen (secondary N) is 1. The fraction of sp³-hybridized carbons (Fsp3) is 0.846. The second kappa shape index (κ2) is 4.66. The number of nitrogens with zero attached hydrogens (tertiary/aromatic N) is 2. The molecule has 0 aromatic rings. The monoisotopic (exact) mass is 235 g/mol. The molecule has 3 fully saturated rings. The smallest absolute Gasteiger partial charge is 0.240 e. The number of piperidine rings is 3. The van der Waals surface area contributed by atoms with Crippen molar-refractivity contribution in [1.29, 1.82) is 5.26 Å². The van der Waals surface area contributed by atoms with E-state index in [1.807, 2.05) is 6.92 Å². The molecule has 2 atom stereocenters. The molecule has 2 unspecified atom stereocenters. The van der Waals surface area contributed by atoms with Gasteiger partial charge < -0.3 is 10.2 Å². The Morgan fingerprint density at radius 1 is 1.53 bits per heavy atom. The van der Waals surface area contributed by atoms with Crippen LogP contribution in [0.5, 0.6) is 0 Å². The molecule has 94 valence electrons. The number of nitriles is 1. The maximum atomic E-state index is 12.1. The highest BCUT2D eigenvalue weighted by atomic mass is 16.2. The van der Waals surface area contributed by atoms with E-state index in [2.05, 4.69) is 16.3 Å². The van der Waals surface area contributed by atoms with E-state index in [-0.39, 0.29) is 11.9 Å². The molecule has 3 heterocycles. The van der Waals surface area contributed by atoms with Gasteiger partial charge in [-0.05, 0) is 45.2 Å². The lowest BCUT2D eigenvalue weighted by Gasteiger charge is -2.45. The molecule has 1 N–H and O–H groups in total. The van der Waals surface area contributed by atoms with Gasteiger partial charge in [-0.1, -0.05) is 6.92 Å². The minimum atomic E-state index is -0.869. The molecule has 0 saturated carbocycles. The van der Waals surface area contributed by atoms with Crippen LogP contribution in [0.2, 0.25) is 0 Å². The second-order valence-electron chi connectivity index (χ2n) is 5.52. The average Bonchev–Trinajstić information content (AvgIpc) is 2.39. The Hall–Kier alpha value is -1.08. The quantitative estimate of drug-likeness (QED) is 0.798. The molecule has 0 aromatic carbocycles. The highest BCUT2D eigenvalue weighted by molar-refractivity contribution is 5.85. The Balaban J connectivity index is 1.98. The normalized spacial score (nSPS) is 34.8. The van der Waals surface area contributed by atoms with Crippen LogP contribution >= 0.6 is 0 Å². The Labute approximate surface area is 103 Å².